The molecule has 22 heavy (non-hydrogen) atoms. The quantitative estimate of drug-likeness (QED) is 0.745. The maximum absolute atomic E-state index is 5.20. The van der Waals surface area contributed by atoms with E-state index in [4.69, 9.17) is 4.74 Å². The number of quaternary nitrogens is 1. The number of nitrogens with zero attached hydrogens (tertiary/aromatic N) is 1. The summed E-state index contributed by atoms with van der Waals surface area (Å²) in [5, 5.41) is 5.05. The van der Waals surface area contributed by atoms with Crippen molar-refractivity contribution in [1.82, 2.24) is 4.57 Å². The van der Waals surface area contributed by atoms with E-state index in [9.17, 15) is 0 Å². The maximum Gasteiger partial charge on any atom is 0.107 e. The van der Waals surface area contributed by atoms with Crippen molar-refractivity contribution < 1.29 is 10.1 Å². The van der Waals surface area contributed by atoms with Gasteiger partial charge >= 0.3 is 0 Å². The zero-order valence-corrected chi connectivity index (χ0v) is 13.7. The van der Waals surface area contributed by atoms with Crippen LogP contribution in [-0.4, -0.2) is 24.3 Å². The number of para-hydroxylation sites is 1. The predicted octanol–water partition coefficient (Wildman–Crippen LogP) is 2.91. The lowest BCUT2D eigenvalue weighted by molar-refractivity contribution is -0.702. The van der Waals surface area contributed by atoms with E-state index in [0.717, 1.165) is 19.7 Å². The molecule has 3 nitrogen and oxygen atoms in total. The molecule has 0 saturated carbocycles. The molecule has 3 heteroatoms. The lowest BCUT2D eigenvalue weighted by atomic mass is 10.1. The molecule has 0 unspecified atom stereocenters. The number of benzene rings is 2. The van der Waals surface area contributed by atoms with Crippen LogP contribution >= 0.6 is 0 Å². The molecule has 1 heterocycles. The molecule has 3 aromatic rings. The van der Waals surface area contributed by atoms with Crippen LogP contribution in [0, 0.1) is 0 Å². The van der Waals surface area contributed by atoms with Gasteiger partial charge in [-0.05, 0) is 32.0 Å². The van der Waals surface area contributed by atoms with Crippen LogP contribution in [0.2, 0.25) is 0 Å². The van der Waals surface area contributed by atoms with E-state index >= 15 is 0 Å². The Morgan fingerprint density at radius 2 is 1.86 bits per heavy atom. The molecule has 1 atom stereocenters. The van der Waals surface area contributed by atoms with E-state index in [1.54, 1.807) is 7.11 Å². The van der Waals surface area contributed by atoms with E-state index in [0.29, 0.717) is 6.04 Å². The molecular weight excluding hydrogens is 272 g/mol. The molecule has 0 aliphatic carbocycles. The highest BCUT2D eigenvalue weighted by atomic mass is 16.5. The number of hydrogen-bond acceptors (Lipinski definition) is 1. The minimum Gasteiger partial charge on any atom is -0.379 e. The Bertz CT molecular complexity index is 776. The summed E-state index contributed by atoms with van der Waals surface area (Å²) in [6.45, 7) is 7.19. The average molecular weight is 297 g/mol. The second-order valence-corrected chi connectivity index (χ2v) is 5.99. The highest BCUT2D eigenvalue weighted by Gasteiger charge is 2.11. The number of aromatic nitrogens is 1. The molecular formula is C19H25N2O+. The Kier molecular flexibility index (Phi) is 4.46. The molecule has 0 bridgehead atoms. The summed E-state index contributed by atoms with van der Waals surface area (Å²) in [4.78, 5) is 0. The zero-order chi connectivity index (χ0) is 15.5. The molecule has 116 valence electrons. The van der Waals surface area contributed by atoms with Crippen molar-refractivity contribution in [1.29, 1.82) is 0 Å². The van der Waals surface area contributed by atoms with Crippen molar-refractivity contribution in [2.45, 2.75) is 33.0 Å². The highest BCUT2D eigenvalue weighted by molar-refractivity contribution is 6.08. The second kappa shape index (κ2) is 6.51. The molecule has 0 spiro atoms. The lowest BCUT2D eigenvalue weighted by Crippen LogP contribution is -2.88. The Hall–Kier alpha value is -1.84. The first-order valence-corrected chi connectivity index (χ1v) is 8.06. The van der Waals surface area contributed by atoms with Crippen LogP contribution < -0.4 is 5.32 Å². The fourth-order valence-electron chi connectivity index (χ4n) is 3.24. The predicted molar refractivity (Wildman–Crippen MR) is 92.1 cm³/mol. The van der Waals surface area contributed by atoms with Gasteiger partial charge in [-0.25, -0.2) is 0 Å². The monoisotopic (exact) mass is 297 g/mol. The van der Waals surface area contributed by atoms with Crippen LogP contribution in [-0.2, 0) is 17.8 Å². The van der Waals surface area contributed by atoms with Crippen LogP contribution in [0.4, 0.5) is 0 Å². The van der Waals surface area contributed by atoms with Gasteiger partial charge in [-0.3, -0.25) is 0 Å². The molecule has 0 aliphatic heterocycles. The smallest absolute Gasteiger partial charge is 0.107 e. The third-order valence-electron chi connectivity index (χ3n) is 4.34. The van der Waals surface area contributed by atoms with Crippen molar-refractivity contribution >= 4 is 21.8 Å². The molecule has 2 aromatic carbocycles. The Balaban J connectivity index is 1.97. The topological polar surface area (TPSA) is 30.8 Å². The number of ether oxygens (including phenoxy) is 1. The first kappa shape index (κ1) is 15.1. The number of aryl methyl sites for hydroxylation is 1. The van der Waals surface area contributed by atoms with Gasteiger partial charge in [0, 0.05) is 41.0 Å². The normalized spacial score (nSPS) is 13.0. The largest absolute Gasteiger partial charge is 0.379 e. The lowest BCUT2D eigenvalue weighted by Gasteiger charge is -2.09. The molecule has 0 fully saturated rings. The number of rotatable bonds is 6. The summed E-state index contributed by atoms with van der Waals surface area (Å²) in [6.07, 6.45) is 0. The molecule has 2 N–H and O–H groups in total. The molecule has 0 saturated heterocycles. The van der Waals surface area contributed by atoms with Crippen molar-refractivity contribution in [2.24, 2.45) is 0 Å². The summed E-state index contributed by atoms with van der Waals surface area (Å²) in [5.41, 5.74) is 4.03. The van der Waals surface area contributed by atoms with Gasteiger partial charge in [0.25, 0.3) is 0 Å². The molecule has 0 aliphatic rings. The molecule has 1 aromatic heterocycles. The van der Waals surface area contributed by atoms with Gasteiger partial charge < -0.3 is 14.6 Å². The Labute approximate surface area is 131 Å². The van der Waals surface area contributed by atoms with E-state index in [1.807, 2.05) is 0 Å². The maximum atomic E-state index is 5.20. The van der Waals surface area contributed by atoms with Crippen LogP contribution in [0.15, 0.2) is 42.5 Å². The molecule has 3 rings (SSSR count). The van der Waals surface area contributed by atoms with E-state index in [1.165, 1.54) is 27.4 Å². The second-order valence-electron chi connectivity index (χ2n) is 5.99. The zero-order valence-electron chi connectivity index (χ0n) is 13.7. The van der Waals surface area contributed by atoms with E-state index < -0.39 is 0 Å². The van der Waals surface area contributed by atoms with Crippen LogP contribution in [0.1, 0.15) is 19.4 Å². The fraction of sp³-hybridized carbons (Fsp3) is 0.368. The third kappa shape index (κ3) is 2.74. The number of methoxy groups -OCH3 is 1. The number of hydrogen-bond donors (Lipinski definition) is 1. The summed E-state index contributed by atoms with van der Waals surface area (Å²) >= 11 is 0. The average Bonchev–Trinajstić information content (AvgIpc) is 2.86. The van der Waals surface area contributed by atoms with Crippen LogP contribution in [0.3, 0.4) is 0 Å². The SMILES string of the molecule is CCn1c2ccccc2c2cc(C[NH2+][C@H](C)COC)ccc21. The first-order valence-electron chi connectivity index (χ1n) is 8.06. The summed E-state index contributed by atoms with van der Waals surface area (Å²) in [6, 6.07) is 16.0. The van der Waals surface area contributed by atoms with Crippen molar-refractivity contribution in [2.75, 3.05) is 13.7 Å². The van der Waals surface area contributed by atoms with Gasteiger partial charge in [-0.2, -0.15) is 0 Å². The minimum absolute atomic E-state index is 0.484. The number of nitrogens with two attached hydrogens (primary N) is 1. The summed E-state index contributed by atoms with van der Waals surface area (Å²) in [7, 11) is 1.76. The molecule has 0 radical (unpaired) electrons. The van der Waals surface area contributed by atoms with Gasteiger partial charge in [0.1, 0.15) is 12.6 Å². The number of fused-ring (bicyclic) bond motifs is 3. The summed E-state index contributed by atoms with van der Waals surface area (Å²) < 4.78 is 7.60. The van der Waals surface area contributed by atoms with Gasteiger partial charge in [-0.1, -0.05) is 24.3 Å². The highest BCUT2D eigenvalue weighted by Crippen LogP contribution is 2.29. The minimum atomic E-state index is 0.484. The van der Waals surface area contributed by atoms with Crippen molar-refractivity contribution in [3.8, 4) is 0 Å². The van der Waals surface area contributed by atoms with Gasteiger partial charge in [0.2, 0.25) is 0 Å². The van der Waals surface area contributed by atoms with Gasteiger partial charge in [0.15, 0.2) is 0 Å². The fourth-order valence-corrected chi connectivity index (χ4v) is 3.24. The van der Waals surface area contributed by atoms with Gasteiger partial charge in [0.05, 0.1) is 6.61 Å². The van der Waals surface area contributed by atoms with Crippen LogP contribution in [0.25, 0.3) is 21.8 Å². The standard InChI is InChI=1S/C19H24N2O/c1-4-21-18-8-6-5-7-16(18)17-11-15(9-10-19(17)21)12-20-14(2)13-22-3/h5-11,14,20H,4,12-13H2,1-3H3/p+1/t14-/m1/s1. The summed E-state index contributed by atoms with van der Waals surface area (Å²) in [5.74, 6) is 0. The third-order valence-corrected chi connectivity index (χ3v) is 4.34. The first-order chi connectivity index (χ1) is 10.7. The Morgan fingerprint density at radius 3 is 2.64 bits per heavy atom. The van der Waals surface area contributed by atoms with E-state index in [-0.39, 0.29) is 0 Å². The molecule has 0 amide bonds. The van der Waals surface area contributed by atoms with Crippen molar-refractivity contribution in [3.05, 3.63) is 48.0 Å². The van der Waals surface area contributed by atoms with Crippen LogP contribution in [0.5, 0.6) is 0 Å². The Morgan fingerprint density at radius 1 is 1.09 bits per heavy atom. The van der Waals surface area contributed by atoms with Crippen molar-refractivity contribution in [3.63, 3.8) is 0 Å². The van der Waals surface area contributed by atoms with Gasteiger partial charge in [-0.15, -0.1) is 0 Å². The van der Waals surface area contributed by atoms with E-state index in [2.05, 4.69) is 66.2 Å².